The first-order chi connectivity index (χ1) is 9.89. The van der Waals surface area contributed by atoms with Gasteiger partial charge in [0.25, 0.3) is 0 Å². The van der Waals surface area contributed by atoms with Gasteiger partial charge in [-0.1, -0.05) is 42.5 Å². The highest BCUT2D eigenvalue weighted by Crippen LogP contribution is 2.20. The molecule has 6 heteroatoms. The third-order valence-electron chi connectivity index (χ3n) is 3.19. The maximum atomic E-state index is 11.6. The number of sulfonamides is 1. The largest absolute Gasteiger partial charge is 0.366 e. The quantitative estimate of drug-likeness (QED) is 0.867. The number of carbonyl (C=O) groups is 1. The summed E-state index contributed by atoms with van der Waals surface area (Å²) in [5, 5.41) is 5.14. The average Bonchev–Trinajstić information content (AvgIpc) is 2.44. The van der Waals surface area contributed by atoms with Crippen molar-refractivity contribution in [1.82, 2.24) is 0 Å². The highest BCUT2D eigenvalue weighted by molar-refractivity contribution is 7.89. The summed E-state index contributed by atoms with van der Waals surface area (Å²) in [4.78, 5) is 11.4. The summed E-state index contributed by atoms with van der Waals surface area (Å²) < 4.78 is 23.1. The summed E-state index contributed by atoms with van der Waals surface area (Å²) in [6.45, 7) is 0. The van der Waals surface area contributed by atoms with E-state index in [1.165, 1.54) is 6.07 Å². The van der Waals surface area contributed by atoms with E-state index in [9.17, 15) is 13.2 Å². The van der Waals surface area contributed by atoms with Crippen molar-refractivity contribution in [2.75, 3.05) is 0 Å². The van der Waals surface area contributed by atoms with E-state index in [0.29, 0.717) is 18.4 Å². The summed E-state index contributed by atoms with van der Waals surface area (Å²) in [5.41, 5.74) is 6.98. The molecular weight excluding hydrogens is 288 g/mol. The molecule has 0 heterocycles. The van der Waals surface area contributed by atoms with Crippen molar-refractivity contribution in [3.63, 3.8) is 0 Å². The van der Waals surface area contributed by atoms with Gasteiger partial charge in [0.15, 0.2) is 0 Å². The second-order valence-electron chi connectivity index (χ2n) is 4.69. The van der Waals surface area contributed by atoms with E-state index in [2.05, 4.69) is 0 Å². The van der Waals surface area contributed by atoms with Crippen molar-refractivity contribution in [1.29, 1.82) is 0 Å². The number of primary sulfonamides is 1. The molecule has 0 saturated heterocycles. The number of hydrogen-bond acceptors (Lipinski definition) is 3. The fourth-order valence-corrected chi connectivity index (χ4v) is 3.01. The minimum absolute atomic E-state index is 0.0177. The summed E-state index contributed by atoms with van der Waals surface area (Å²) in [7, 11) is -3.98. The Hall–Kier alpha value is -2.18. The number of hydrogen-bond donors (Lipinski definition) is 2. The van der Waals surface area contributed by atoms with E-state index in [-0.39, 0.29) is 10.5 Å². The van der Waals surface area contributed by atoms with Crippen LogP contribution < -0.4 is 10.9 Å². The molecule has 1 amide bonds. The van der Waals surface area contributed by atoms with Gasteiger partial charge in [0, 0.05) is 0 Å². The van der Waals surface area contributed by atoms with Crippen LogP contribution >= 0.6 is 0 Å². The number of amides is 1. The molecule has 0 bridgehead atoms. The third kappa shape index (κ3) is 3.68. The highest BCUT2D eigenvalue weighted by Gasteiger charge is 2.20. The molecule has 5 nitrogen and oxygen atoms in total. The zero-order chi connectivity index (χ0) is 15.5. The van der Waals surface area contributed by atoms with Gasteiger partial charge in [0.1, 0.15) is 0 Å². The number of nitrogens with two attached hydrogens (primary N) is 2. The minimum Gasteiger partial charge on any atom is -0.366 e. The number of aryl methyl sites for hydroxylation is 2. The second kappa shape index (κ2) is 6.07. The van der Waals surface area contributed by atoms with Crippen LogP contribution in [0.15, 0.2) is 53.4 Å². The predicted octanol–water partition coefficient (Wildman–Crippen LogP) is 1.22. The first-order valence-electron chi connectivity index (χ1n) is 6.38. The van der Waals surface area contributed by atoms with Gasteiger partial charge < -0.3 is 5.73 Å². The van der Waals surface area contributed by atoms with Gasteiger partial charge >= 0.3 is 0 Å². The number of rotatable bonds is 5. The van der Waals surface area contributed by atoms with E-state index in [1.54, 1.807) is 12.1 Å². The molecule has 0 spiro atoms. The molecule has 0 aliphatic rings. The van der Waals surface area contributed by atoms with Gasteiger partial charge in [-0.3, -0.25) is 4.79 Å². The lowest BCUT2D eigenvalue weighted by Crippen LogP contribution is -2.22. The molecule has 2 aromatic rings. The lowest BCUT2D eigenvalue weighted by Gasteiger charge is -2.11. The van der Waals surface area contributed by atoms with E-state index >= 15 is 0 Å². The molecular formula is C15H16N2O3S. The Morgan fingerprint density at radius 3 is 2.19 bits per heavy atom. The van der Waals surface area contributed by atoms with E-state index in [0.717, 1.165) is 5.56 Å². The van der Waals surface area contributed by atoms with Crippen LogP contribution in [0.3, 0.4) is 0 Å². The molecule has 0 saturated carbocycles. The molecule has 0 aromatic heterocycles. The van der Waals surface area contributed by atoms with Crippen molar-refractivity contribution in [3.8, 4) is 0 Å². The number of benzene rings is 2. The van der Waals surface area contributed by atoms with Crippen LogP contribution in [0.1, 0.15) is 21.5 Å². The molecule has 0 unspecified atom stereocenters. The molecule has 0 aliphatic heterocycles. The molecule has 0 aliphatic carbocycles. The zero-order valence-corrected chi connectivity index (χ0v) is 12.1. The van der Waals surface area contributed by atoms with Crippen molar-refractivity contribution < 1.29 is 13.2 Å². The summed E-state index contributed by atoms with van der Waals surface area (Å²) >= 11 is 0. The van der Waals surface area contributed by atoms with Crippen LogP contribution in [0.4, 0.5) is 0 Å². The lowest BCUT2D eigenvalue weighted by atomic mass is 9.99. The summed E-state index contributed by atoms with van der Waals surface area (Å²) in [5.74, 6) is -0.789. The Labute approximate surface area is 123 Å². The van der Waals surface area contributed by atoms with Gasteiger partial charge in [0.05, 0.1) is 10.5 Å². The van der Waals surface area contributed by atoms with Gasteiger partial charge in [-0.2, -0.15) is 0 Å². The van der Waals surface area contributed by atoms with Gasteiger partial charge in [0.2, 0.25) is 15.9 Å². The van der Waals surface area contributed by atoms with Crippen LogP contribution in [0, 0.1) is 0 Å². The monoisotopic (exact) mass is 304 g/mol. The van der Waals surface area contributed by atoms with Gasteiger partial charge in [-0.05, 0) is 30.0 Å². The minimum atomic E-state index is -3.98. The zero-order valence-electron chi connectivity index (χ0n) is 11.3. The highest BCUT2D eigenvalue weighted by atomic mass is 32.2. The Morgan fingerprint density at radius 2 is 1.62 bits per heavy atom. The molecule has 2 rings (SSSR count). The third-order valence-corrected chi connectivity index (χ3v) is 4.14. The molecule has 0 atom stereocenters. The predicted molar refractivity (Wildman–Crippen MR) is 80.2 cm³/mol. The van der Waals surface area contributed by atoms with E-state index in [1.807, 2.05) is 30.3 Å². The van der Waals surface area contributed by atoms with Crippen molar-refractivity contribution >= 4 is 15.9 Å². The Bertz CT molecular complexity index is 756. The smallest absolute Gasteiger partial charge is 0.250 e. The van der Waals surface area contributed by atoms with Crippen LogP contribution in [-0.4, -0.2) is 14.3 Å². The Morgan fingerprint density at radius 1 is 0.952 bits per heavy atom. The van der Waals surface area contributed by atoms with Gasteiger partial charge in [-0.25, -0.2) is 13.6 Å². The number of primary amides is 1. The first-order valence-corrected chi connectivity index (χ1v) is 7.92. The normalized spacial score (nSPS) is 11.3. The van der Waals surface area contributed by atoms with Crippen LogP contribution in [0.25, 0.3) is 0 Å². The molecule has 2 aromatic carbocycles. The van der Waals surface area contributed by atoms with Crippen LogP contribution in [-0.2, 0) is 22.9 Å². The molecule has 0 radical (unpaired) electrons. The number of carbonyl (C=O) groups excluding carboxylic acids is 1. The average molecular weight is 304 g/mol. The maximum Gasteiger partial charge on any atom is 0.250 e. The standard InChI is InChI=1S/C15H16N2O3S/c16-15(18)14-12(7-4-8-13(14)21(17,19)20)10-9-11-5-2-1-3-6-11/h1-8H,9-10H2,(H2,16,18)(H2,17,19,20). The maximum absolute atomic E-state index is 11.6. The summed E-state index contributed by atoms with van der Waals surface area (Å²) in [6.07, 6.45) is 1.18. The van der Waals surface area contributed by atoms with E-state index in [4.69, 9.17) is 10.9 Å². The SMILES string of the molecule is NC(=O)c1c(CCc2ccccc2)cccc1S(N)(=O)=O. The van der Waals surface area contributed by atoms with Crippen molar-refractivity contribution in [2.24, 2.45) is 10.9 Å². The fourth-order valence-electron chi connectivity index (χ4n) is 2.23. The molecule has 110 valence electrons. The summed E-state index contributed by atoms with van der Waals surface area (Å²) in [6, 6.07) is 14.2. The van der Waals surface area contributed by atoms with Crippen LogP contribution in [0.2, 0.25) is 0 Å². The molecule has 21 heavy (non-hydrogen) atoms. The van der Waals surface area contributed by atoms with Gasteiger partial charge in [-0.15, -0.1) is 0 Å². The lowest BCUT2D eigenvalue weighted by molar-refractivity contribution is 0.0996. The first kappa shape index (κ1) is 15.2. The van der Waals surface area contributed by atoms with E-state index < -0.39 is 15.9 Å². The topological polar surface area (TPSA) is 103 Å². The Balaban J connectivity index is 2.38. The van der Waals surface area contributed by atoms with Crippen LogP contribution in [0.5, 0.6) is 0 Å². The van der Waals surface area contributed by atoms with Crippen molar-refractivity contribution in [2.45, 2.75) is 17.7 Å². The Kier molecular flexibility index (Phi) is 4.40. The second-order valence-corrected chi connectivity index (χ2v) is 6.21. The van der Waals surface area contributed by atoms with Crippen molar-refractivity contribution in [3.05, 3.63) is 65.2 Å². The molecule has 0 fully saturated rings. The fraction of sp³-hybridized carbons (Fsp3) is 0.133. The molecule has 4 N–H and O–H groups in total.